The quantitative estimate of drug-likeness (QED) is 0.834. The van der Waals surface area contributed by atoms with Crippen LogP contribution in [0.2, 0.25) is 5.02 Å². The van der Waals surface area contributed by atoms with Gasteiger partial charge in [0.2, 0.25) is 6.79 Å². The molecule has 0 saturated carbocycles. The summed E-state index contributed by atoms with van der Waals surface area (Å²) in [4.78, 5) is 12.2. The van der Waals surface area contributed by atoms with Crippen LogP contribution in [0.3, 0.4) is 0 Å². The average molecular weight is 291 g/mol. The van der Waals surface area contributed by atoms with Crippen LogP contribution in [0.1, 0.15) is 10.4 Å². The first kappa shape index (κ1) is 12.6. The van der Waals surface area contributed by atoms with Gasteiger partial charge in [-0.05, 0) is 36.4 Å². The summed E-state index contributed by atoms with van der Waals surface area (Å²) < 4.78 is 10.4. The van der Waals surface area contributed by atoms with Gasteiger partial charge in [-0.25, -0.2) is 0 Å². The van der Waals surface area contributed by atoms with Crippen LogP contribution in [0, 0.1) is 0 Å². The molecule has 0 atom stereocenters. The molecule has 0 unspecified atom stereocenters. The van der Waals surface area contributed by atoms with Crippen molar-refractivity contribution in [1.29, 1.82) is 0 Å². The Morgan fingerprint density at radius 1 is 1.15 bits per heavy atom. The molecule has 6 heteroatoms. The number of anilines is 2. The third-order valence-electron chi connectivity index (χ3n) is 2.87. The van der Waals surface area contributed by atoms with E-state index < -0.39 is 0 Å². The predicted molar refractivity (Wildman–Crippen MR) is 76.4 cm³/mol. The Morgan fingerprint density at radius 3 is 2.80 bits per heavy atom. The molecule has 2 aromatic carbocycles. The van der Waals surface area contributed by atoms with E-state index >= 15 is 0 Å². The first-order valence-corrected chi connectivity index (χ1v) is 6.27. The smallest absolute Gasteiger partial charge is 0.255 e. The lowest BCUT2D eigenvalue weighted by Gasteiger charge is -2.08. The minimum atomic E-state index is -0.296. The number of benzene rings is 2. The molecular weight excluding hydrogens is 280 g/mol. The molecule has 0 bridgehead atoms. The van der Waals surface area contributed by atoms with Crippen LogP contribution < -0.4 is 20.5 Å². The molecule has 102 valence electrons. The van der Waals surface area contributed by atoms with E-state index in [1.54, 1.807) is 36.4 Å². The van der Waals surface area contributed by atoms with Crippen LogP contribution in [0.4, 0.5) is 11.4 Å². The number of hydrogen-bond donors (Lipinski definition) is 2. The number of nitrogen functional groups attached to an aromatic ring is 1. The Bertz CT molecular complexity index is 688. The Morgan fingerprint density at radius 2 is 1.95 bits per heavy atom. The Hall–Kier alpha value is -2.40. The second-order valence-electron chi connectivity index (χ2n) is 4.26. The summed E-state index contributed by atoms with van der Waals surface area (Å²) in [7, 11) is 0. The summed E-state index contributed by atoms with van der Waals surface area (Å²) in [5.74, 6) is 0.885. The second-order valence-corrected chi connectivity index (χ2v) is 4.67. The standard InChI is InChI=1S/C14H11ClN2O3/c15-10-3-2-9(16)6-11(10)17-14(18)8-1-4-12-13(5-8)20-7-19-12/h1-6H,7,16H2,(H,17,18). The van der Waals surface area contributed by atoms with Gasteiger partial charge in [0.05, 0.1) is 10.7 Å². The molecule has 20 heavy (non-hydrogen) atoms. The van der Waals surface area contributed by atoms with Crippen molar-refractivity contribution in [2.75, 3.05) is 17.8 Å². The number of nitrogens with two attached hydrogens (primary N) is 1. The fourth-order valence-electron chi connectivity index (χ4n) is 1.87. The number of nitrogens with one attached hydrogen (secondary N) is 1. The molecule has 2 aromatic rings. The number of fused-ring (bicyclic) bond motifs is 1. The summed E-state index contributed by atoms with van der Waals surface area (Å²) in [6.07, 6.45) is 0. The third kappa shape index (κ3) is 2.35. The summed E-state index contributed by atoms with van der Waals surface area (Å²) in [5, 5.41) is 3.14. The molecule has 1 amide bonds. The fraction of sp³-hybridized carbons (Fsp3) is 0.0714. The predicted octanol–water partition coefficient (Wildman–Crippen LogP) is 2.90. The molecule has 0 saturated heterocycles. The number of rotatable bonds is 2. The minimum absolute atomic E-state index is 0.168. The van der Waals surface area contributed by atoms with Crippen LogP contribution in [0.25, 0.3) is 0 Å². The van der Waals surface area contributed by atoms with E-state index in [0.717, 1.165) is 0 Å². The van der Waals surface area contributed by atoms with Gasteiger partial charge in [-0.2, -0.15) is 0 Å². The second kappa shape index (κ2) is 4.94. The number of carbonyl (C=O) groups is 1. The van der Waals surface area contributed by atoms with Gasteiger partial charge in [0.15, 0.2) is 11.5 Å². The van der Waals surface area contributed by atoms with Crippen molar-refractivity contribution in [2.24, 2.45) is 0 Å². The lowest BCUT2D eigenvalue weighted by atomic mass is 10.2. The SMILES string of the molecule is Nc1ccc(Cl)c(NC(=O)c2ccc3c(c2)OCO3)c1. The van der Waals surface area contributed by atoms with Gasteiger partial charge >= 0.3 is 0 Å². The van der Waals surface area contributed by atoms with Gasteiger partial charge in [0, 0.05) is 11.3 Å². The molecule has 3 rings (SSSR count). The first-order valence-electron chi connectivity index (χ1n) is 5.89. The number of halogens is 1. The van der Waals surface area contributed by atoms with Crippen molar-refractivity contribution in [1.82, 2.24) is 0 Å². The Balaban J connectivity index is 1.84. The summed E-state index contributed by atoms with van der Waals surface area (Å²) >= 11 is 6.01. The van der Waals surface area contributed by atoms with Crippen LogP contribution in [0.5, 0.6) is 11.5 Å². The summed E-state index contributed by atoms with van der Waals surface area (Å²) in [6, 6.07) is 9.87. The lowest BCUT2D eigenvalue weighted by Crippen LogP contribution is -2.12. The summed E-state index contributed by atoms with van der Waals surface area (Å²) in [5.41, 5.74) is 7.11. The highest BCUT2D eigenvalue weighted by molar-refractivity contribution is 6.34. The van der Waals surface area contributed by atoms with Crippen LogP contribution in [0.15, 0.2) is 36.4 Å². The molecule has 0 radical (unpaired) electrons. The van der Waals surface area contributed by atoms with Gasteiger partial charge < -0.3 is 20.5 Å². The third-order valence-corrected chi connectivity index (χ3v) is 3.20. The molecule has 0 spiro atoms. The average Bonchev–Trinajstić information content (AvgIpc) is 2.90. The number of amides is 1. The van der Waals surface area contributed by atoms with E-state index in [1.165, 1.54) is 0 Å². The number of hydrogen-bond acceptors (Lipinski definition) is 4. The van der Waals surface area contributed by atoms with Crippen molar-refractivity contribution < 1.29 is 14.3 Å². The van der Waals surface area contributed by atoms with Gasteiger partial charge in [-0.3, -0.25) is 4.79 Å². The maximum absolute atomic E-state index is 12.2. The van der Waals surface area contributed by atoms with E-state index in [9.17, 15) is 4.79 Å². The number of carbonyl (C=O) groups excluding carboxylic acids is 1. The van der Waals surface area contributed by atoms with Crippen LogP contribution in [-0.4, -0.2) is 12.7 Å². The zero-order chi connectivity index (χ0) is 14.1. The molecule has 0 aliphatic carbocycles. The van der Waals surface area contributed by atoms with E-state index in [4.69, 9.17) is 26.8 Å². The molecule has 0 fully saturated rings. The van der Waals surface area contributed by atoms with Crippen molar-refractivity contribution >= 4 is 28.9 Å². The molecule has 1 aliphatic rings. The monoisotopic (exact) mass is 290 g/mol. The highest BCUT2D eigenvalue weighted by Crippen LogP contribution is 2.33. The topological polar surface area (TPSA) is 73.6 Å². The van der Waals surface area contributed by atoms with Gasteiger partial charge in [0.1, 0.15) is 0 Å². The number of ether oxygens (including phenoxy) is 2. The lowest BCUT2D eigenvalue weighted by molar-refractivity contribution is 0.102. The Kier molecular flexibility index (Phi) is 3.12. The van der Waals surface area contributed by atoms with E-state index in [2.05, 4.69) is 5.32 Å². The fourth-order valence-corrected chi connectivity index (χ4v) is 2.04. The largest absolute Gasteiger partial charge is 0.454 e. The van der Waals surface area contributed by atoms with Crippen LogP contribution in [-0.2, 0) is 0 Å². The maximum Gasteiger partial charge on any atom is 0.255 e. The molecule has 5 nitrogen and oxygen atoms in total. The van der Waals surface area contributed by atoms with Gasteiger partial charge in [-0.15, -0.1) is 0 Å². The van der Waals surface area contributed by atoms with Crippen molar-refractivity contribution in [2.45, 2.75) is 0 Å². The highest BCUT2D eigenvalue weighted by Gasteiger charge is 2.16. The molecular formula is C14H11ClN2O3. The summed E-state index contributed by atoms with van der Waals surface area (Å²) in [6.45, 7) is 0.168. The van der Waals surface area contributed by atoms with Crippen molar-refractivity contribution in [3.05, 3.63) is 47.0 Å². The Labute approximate surface area is 120 Å². The zero-order valence-corrected chi connectivity index (χ0v) is 11.1. The molecule has 1 heterocycles. The normalized spacial score (nSPS) is 12.2. The van der Waals surface area contributed by atoms with E-state index in [1.807, 2.05) is 0 Å². The minimum Gasteiger partial charge on any atom is -0.454 e. The van der Waals surface area contributed by atoms with Gasteiger partial charge in [-0.1, -0.05) is 11.6 Å². The zero-order valence-electron chi connectivity index (χ0n) is 10.4. The molecule has 0 aromatic heterocycles. The van der Waals surface area contributed by atoms with Gasteiger partial charge in [0.25, 0.3) is 5.91 Å². The maximum atomic E-state index is 12.2. The van der Waals surface area contributed by atoms with E-state index in [0.29, 0.717) is 33.5 Å². The molecule has 1 aliphatic heterocycles. The highest BCUT2D eigenvalue weighted by atomic mass is 35.5. The first-order chi connectivity index (χ1) is 9.63. The van der Waals surface area contributed by atoms with Crippen LogP contribution >= 0.6 is 11.6 Å². The van der Waals surface area contributed by atoms with Crippen molar-refractivity contribution in [3.8, 4) is 11.5 Å². The van der Waals surface area contributed by atoms with E-state index in [-0.39, 0.29) is 12.7 Å². The van der Waals surface area contributed by atoms with Crippen molar-refractivity contribution in [3.63, 3.8) is 0 Å². The molecule has 3 N–H and O–H groups in total.